The summed E-state index contributed by atoms with van der Waals surface area (Å²) >= 11 is 8.52. The summed E-state index contributed by atoms with van der Waals surface area (Å²) in [5.41, 5.74) is 4.44. The number of hydrogen-bond donors (Lipinski definition) is 7. The Hall–Kier alpha value is -6.35. The number of amides is 6. The number of benzene rings is 3. The molecule has 3 unspecified atom stereocenters. The molecule has 7 rings (SSSR count). The Bertz CT molecular complexity index is 2860. The molecule has 3 atom stereocenters. The Morgan fingerprint density at radius 1 is 0.841 bits per heavy atom. The minimum absolute atomic E-state index is 0.0506. The molecule has 2 aliphatic rings. The van der Waals surface area contributed by atoms with Crippen molar-refractivity contribution in [2.75, 3.05) is 89.3 Å². The van der Waals surface area contributed by atoms with Crippen LogP contribution in [0.25, 0.3) is 22.2 Å². The standard InChI is InChI=1S/C62H83ClN10O8S/c1-4-32-79-35-25-62(26-36-80-33-5-2,27-37-81-34-13-29-64-55(74)19-9-8-18-53-58-46(43-82-53)40-57(76)71-58)72-61(78)65-28-12-31-73(3)30-11-20-56(75)68-47-23-21-45(22-24-47)60(77)69-48-15-10-14-44(38-48)39-54-67-42-51(63)59(70-54)50-41-66-52-17-7-6-16-49(50)52/h6-7,10-11,14-17,20-24,38,41-42,46,53,58,66H,4-5,8-9,12-13,18-19,25-37,39-40,43H2,1-3H3,(H,64,74)(H,68,75)(H,69,77)(H,71,76)(H2,65,72,78)/b20-11+. The van der Waals surface area contributed by atoms with Crippen molar-refractivity contribution < 1.29 is 38.2 Å². The molecule has 442 valence electrons. The highest BCUT2D eigenvalue weighted by Crippen LogP contribution is 2.39. The van der Waals surface area contributed by atoms with Crippen LogP contribution in [-0.4, -0.2) is 145 Å². The van der Waals surface area contributed by atoms with Gasteiger partial charge in [0.2, 0.25) is 17.7 Å². The van der Waals surface area contributed by atoms with E-state index in [4.69, 9.17) is 30.8 Å². The number of anilines is 2. The first-order valence-electron chi connectivity index (χ1n) is 29.1. The number of carbonyl (C=O) groups excluding carboxylic acids is 5. The normalized spacial score (nSPS) is 15.9. The van der Waals surface area contributed by atoms with Crippen molar-refractivity contribution >= 4 is 75.3 Å². The predicted octanol–water partition coefficient (Wildman–Crippen LogP) is 9.70. The second-order valence-electron chi connectivity index (χ2n) is 21.3. The van der Waals surface area contributed by atoms with Gasteiger partial charge in [0.15, 0.2) is 0 Å². The van der Waals surface area contributed by atoms with Gasteiger partial charge in [0, 0.05) is 147 Å². The van der Waals surface area contributed by atoms with Gasteiger partial charge in [-0.05, 0) is 131 Å². The van der Waals surface area contributed by atoms with E-state index < -0.39 is 5.54 Å². The number of aromatic nitrogens is 3. The van der Waals surface area contributed by atoms with E-state index in [1.807, 2.05) is 73.5 Å². The van der Waals surface area contributed by atoms with Crippen molar-refractivity contribution in [2.24, 2.45) is 5.92 Å². The quantitative estimate of drug-likeness (QED) is 0.0147. The second kappa shape index (κ2) is 33.7. The van der Waals surface area contributed by atoms with E-state index in [0.717, 1.165) is 59.9 Å². The summed E-state index contributed by atoms with van der Waals surface area (Å²) in [4.78, 5) is 78.5. The van der Waals surface area contributed by atoms with Crippen molar-refractivity contribution in [3.05, 3.63) is 119 Å². The van der Waals surface area contributed by atoms with Gasteiger partial charge in [0.1, 0.15) is 5.82 Å². The lowest BCUT2D eigenvalue weighted by molar-refractivity contribution is -0.121. The summed E-state index contributed by atoms with van der Waals surface area (Å²) < 4.78 is 17.9. The molecule has 3 aromatic carbocycles. The largest absolute Gasteiger partial charge is 0.381 e. The number of ether oxygens (including phenoxy) is 3. The van der Waals surface area contributed by atoms with E-state index in [1.54, 1.807) is 36.5 Å². The van der Waals surface area contributed by atoms with Crippen LogP contribution in [0, 0.1) is 5.92 Å². The number of aromatic amines is 1. The first kappa shape index (κ1) is 63.2. The summed E-state index contributed by atoms with van der Waals surface area (Å²) in [6.07, 6.45) is 16.1. The van der Waals surface area contributed by atoms with Crippen LogP contribution in [0.2, 0.25) is 5.02 Å². The predicted molar refractivity (Wildman–Crippen MR) is 326 cm³/mol. The van der Waals surface area contributed by atoms with Gasteiger partial charge in [0.25, 0.3) is 5.91 Å². The Kier molecular flexibility index (Phi) is 26.0. The monoisotopic (exact) mass is 1160 g/mol. The minimum atomic E-state index is -0.614. The van der Waals surface area contributed by atoms with Crippen molar-refractivity contribution in [3.8, 4) is 11.3 Å². The molecule has 0 spiro atoms. The first-order chi connectivity index (χ1) is 39.9. The number of likely N-dealkylation sites (N-methyl/N-ethyl adjacent to an activating group) is 1. The highest BCUT2D eigenvalue weighted by Gasteiger charge is 2.42. The number of urea groups is 1. The molecule has 0 aliphatic carbocycles. The Morgan fingerprint density at radius 3 is 2.35 bits per heavy atom. The lowest BCUT2D eigenvalue weighted by Gasteiger charge is -2.35. The maximum Gasteiger partial charge on any atom is 0.315 e. The number of fused-ring (bicyclic) bond motifs is 2. The Balaban J connectivity index is 0.777. The third-order valence-corrected chi connectivity index (χ3v) is 16.5. The van der Waals surface area contributed by atoms with Crippen molar-refractivity contribution in [1.82, 2.24) is 41.1 Å². The topological polar surface area (TPSA) is 230 Å². The molecule has 18 nitrogen and oxygen atoms in total. The molecular weight excluding hydrogens is 1080 g/mol. The van der Waals surface area contributed by atoms with Crippen LogP contribution in [0.4, 0.5) is 16.2 Å². The molecule has 2 saturated heterocycles. The first-order valence-corrected chi connectivity index (χ1v) is 30.5. The number of rotatable bonds is 36. The lowest BCUT2D eigenvalue weighted by atomic mass is 9.88. The number of unbranched alkanes of at least 4 members (excludes halogenated alkanes) is 1. The number of hydrogen-bond acceptors (Lipinski definition) is 12. The third kappa shape index (κ3) is 20.5. The molecule has 6 amide bonds. The molecule has 2 fully saturated rings. The second-order valence-corrected chi connectivity index (χ2v) is 23.0. The van der Waals surface area contributed by atoms with Gasteiger partial charge in [-0.1, -0.05) is 68.3 Å². The summed E-state index contributed by atoms with van der Waals surface area (Å²) in [5, 5.41) is 20.2. The van der Waals surface area contributed by atoms with Gasteiger partial charge in [-0.3, -0.25) is 19.2 Å². The summed E-state index contributed by atoms with van der Waals surface area (Å²) in [7, 11) is 1.95. The third-order valence-electron chi connectivity index (χ3n) is 14.7. The molecule has 2 aliphatic heterocycles. The number of halogens is 1. The fourth-order valence-electron chi connectivity index (χ4n) is 10.2. The highest BCUT2D eigenvalue weighted by molar-refractivity contribution is 8.00. The van der Waals surface area contributed by atoms with Crippen molar-refractivity contribution in [2.45, 2.75) is 114 Å². The minimum Gasteiger partial charge on any atom is -0.381 e. The number of carbonyl (C=O) groups is 5. The van der Waals surface area contributed by atoms with E-state index in [9.17, 15) is 24.0 Å². The molecule has 7 N–H and O–H groups in total. The molecule has 4 heterocycles. The molecule has 0 saturated carbocycles. The SMILES string of the molecule is CCCOCCC(CCOCCC)(CCOCCCNC(=O)CCCCC1SCC2CC(=O)NC21)NC(=O)NCCCN(C)C/C=C/C(=O)Nc1ccc(C(=O)Nc2cccc(Cc3ncc(Cl)c(-c4c[nH]c5ccccc45)n3)c2)cc1. The number of thioether (sulfide) groups is 1. The highest BCUT2D eigenvalue weighted by atomic mass is 35.5. The van der Waals surface area contributed by atoms with Crippen molar-refractivity contribution in [3.63, 3.8) is 0 Å². The molecule has 82 heavy (non-hydrogen) atoms. The zero-order valence-corrected chi connectivity index (χ0v) is 49.4. The maximum atomic E-state index is 13.5. The van der Waals surface area contributed by atoms with Crippen LogP contribution in [0.1, 0.15) is 113 Å². The Labute approximate surface area is 492 Å². The van der Waals surface area contributed by atoms with Crippen LogP contribution in [0.15, 0.2) is 97.3 Å². The molecule has 20 heteroatoms. The Morgan fingerprint density at radius 2 is 1.59 bits per heavy atom. The van der Waals surface area contributed by atoms with Crippen LogP contribution in [-0.2, 0) is 35.0 Å². The fraction of sp³-hybridized carbons (Fsp3) is 0.500. The van der Waals surface area contributed by atoms with Crippen LogP contribution in [0.3, 0.4) is 0 Å². The zero-order chi connectivity index (χ0) is 57.9. The van der Waals surface area contributed by atoms with E-state index in [2.05, 4.69) is 60.6 Å². The summed E-state index contributed by atoms with van der Waals surface area (Å²) in [6.45, 7) is 9.49. The van der Waals surface area contributed by atoms with Gasteiger partial charge >= 0.3 is 6.03 Å². The number of para-hydroxylation sites is 1. The van der Waals surface area contributed by atoms with Crippen molar-refractivity contribution in [1.29, 1.82) is 0 Å². The van der Waals surface area contributed by atoms with Gasteiger partial charge in [-0.15, -0.1) is 0 Å². The van der Waals surface area contributed by atoms with Crippen LogP contribution in [0.5, 0.6) is 0 Å². The maximum absolute atomic E-state index is 13.5. The summed E-state index contributed by atoms with van der Waals surface area (Å²) in [6, 6.07) is 22.2. The average molecular weight is 1160 g/mol. The number of nitrogens with zero attached hydrogens (tertiary/aromatic N) is 3. The van der Waals surface area contributed by atoms with Gasteiger partial charge in [-0.2, -0.15) is 11.8 Å². The summed E-state index contributed by atoms with van der Waals surface area (Å²) in [5.74, 6) is 1.74. The van der Waals surface area contributed by atoms with Crippen LogP contribution >= 0.6 is 23.4 Å². The number of H-pyrrole nitrogens is 1. The van der Waals surface area contributed by atoms with E-state index in [-0.39, 0.29) is 29.7 Å². The van der Waals surface area contributed by atoms with E-state index >= 15 is 0 Å². The molecule has 0 bridgehead atoms. The zero-order valence-electron chi connectivity index (χ0n) is 47.8. The molecule has 2 aromatic heterocycles. The van der Waals surface area contributed by atoms with Gasteiger partial charge < -0.3 is 56.0 Å². The molecule has 5 aromatic rings. The average Bonchev–Trinajstić information content (AvgIpc) is 4.34. The lowest BCUT2D eigenvalue weighted by Crippen LogP contribution is -2.54. The van der Waals surface area contributed by atoms with Gasteiger partial charge in [-0.25, -0.2) is 14.8 Å². The number of nitrogens with one attached hydrogen (secondary N) is 7. The van der Waals surface area contributed by atoms with Gasteiger partial charge in [0.05, 0.1) is 10.7 Å². The smallest absolute Gasteiger partial charge is 0.315 e. The molecular formula is C62H83ClN10O8S. The fourth-order valence-corrected chi connectivity index (χ4v) is 12.1. The van der Waals surface area contributed by atoms with Crippen LogP contribution < -0.4 is 31.9 Å². The molecule has 0 radical (unpaired) electrons. The van der Waals surface area contributed by atoms with E-state index in [1.165, 1.54) is 6.08 Å². The van der Waals surface area contributed by atoms with E-state index in [0.29, 0.717) is 168 Å².